The highest BCUT2D eigenvalue weighted by Crippen LogP contribution is 2.41. The fourth-order valence-electron chi connectivity index (χ4n) is 16.8. The third-order valence-corrected chi connectivity index (χ3v) is 23.9. The lowest BCUT2D eigenvalue weighted by Crippen LogP contribution is -2.49. The largest absolute Gasteiger partial charge is 0.481 e. The number of rotatable bonds is 18. The van der Waals surface area contributed by atoms with E-state index in [2.05, 4.69) is 107 Å². The van der Waals surface area contributed by atoms with E-state index < -0.39 is 59.2 Å². The van der Waals surface area contributed by atoms with Crippen LogP contribution in [0.15, 0.2) is 87.5 Å². The number of likely N-dealkylation sites (tertiary alicyclic amines) is 3. The molecule has 8 aliphatic heterocycles. The summed E-state index contributed by atoms with van der Waals surface area (Å²) >= 11 is 0. The molecule has 1 aliphatic carbocycles. The van der Waals surface area contributed by atoms with Crippen LogP contribution in [0.1, 0.15) is 97.7 Å². The number of β-amino-alcohol motifs (C(OH)–C–C–N with tert-alkyl or cyclic N) is 1. The SMILES string of the molecule is C.C=c1nc2c(c(=O)[nH]1)=Nc1cc(C)c(C)cc1N2CCN1CCC(C(=O)O)C(O)C1.C=c1nc2c(c(=O)[nH]1)=Nc1cc(C)c(C)cc1N2CCNC1CCCCC1C(=O)O.C=c1nc2c(c(=O)[nH]1)=Nc1cc(C)c(N(C)C)cc1N2CCN1CCC(C(=O)O)CC1.Cc1cc2nc3c(=O)[nH]c(=O)nc-3n(CCN3CCC(O)C(C(=O)O)C3)c2cc1C. The number of aliphatic carboxylic acids is 4. The molecule has 16 rings (SSSR count). The van der Waals surface area contributed by atoms with Gasteiger partial charge < -0.3 is 84.9 Å². The zero-order valence-corrected chi connectivity index (χ0v) is 69.4. The van der Waals surface area contributed by atoms with Crippen molar-refractivity contribution in [2.75, 3.05) is 119 Å². The number of fused-ring (bicyclic) bond motifs is 8. The molecular weight excluding hydrogens is 1570 g/mol. The molecule has 0 amide bonds. The molecule has 1 saturated carbocycles. The first kappa shape index (κ1) is 88.9. The standard InChI is InChI=1S/C22H28N6O3.C22H27N5O3.C21H25N5O4.C20H23N5O5.CH4/c1-13-11-16-18(12-17(13)26(3)4)28(20-19(25-16)21(29)24-14(2)23-20)10-9-27-7-5-15(6-8-27)22(30)31;1-12-10-17-18(11-13(12)2)27(20-19(26-17)21(28)25-14(3)24-20)9-8-23-16-7-5-4-6-15(16)22(29)30;1-11-8-15-16(9-12(11)2)26(19-18(24-15)20(28)23-13(3)22-19)7-6-25-5-4-14(21(29)30)17(27)10-25;1-10-7-13-14(8-11(10)2)25(17-16(21-13)18(27)23-20(30)22-17)6-5-24-4-3-15(26)12(9-24)19(28)29;/h11-12,15H,2,5-10H2,1,3-4H3,(H,24,29)(H,30,31);10-11,15-16,23H,3-9H2,1-2H3,(H,25,28)(H,29,30);8-9,14,17,27H,3-7,10H2,1-2H3,(H,23,28)(H,29,30);7-8,12,15,26H,3-6,9H2,1-2H3,(H,28,29)(H,23,27,30);1H4. The number of nitrogens with one attached hydrogen (secondary N) is 5. The third-order valence-electron chi connectivity index (χ3n) is 23.9. The van der Waals surface area contributed by atoms with Crippen LogP contribution in [0.4, 0.5) is 57.3 Å². The molecular formula is C86H107N21O15. The van der Waals surface area contributed by atoms with Crippen LogP contribution in [0.5, 0.6) is 0 Å². The molecule has 122 heavy (non-hydrogen) atoms. The molecule has 646 valence electrons. The lowest BCUT2D eigenvalue weighted by molar-refractivity contribution is -0.149. The van der Waals surface area contributed by atoms with Gasteiger partial charge >= 0.3 is 29.6 Å². The number of H-pyrrole nitrogens is 4. The average molecular weight is 1670 g/mol. The maximum atomic E-state index is 12.6. The predicted molar refractivity (Wildman–Crippen MR) is 463 cm³/mol. The van der Waals surface area contributed by atoms with Gasteiger partial charge in [-0.05, 0) is 194 Å². The van der Waals surface area contributed by atoms with Gasteiger partial charge in [-0.2, -0.15) is 4.98 Å². The van der Waals surface area contributed by atoms with Crippen molar-refractivity contribution < 1.29 is 49.8 Å². The van der Waals surface area contributed by atoms with E-state index >= 15 is 0 Å². The minimum absolute atomic E-state index is 0. The second kappa shape index (κ2) is 37.3. The highest BCUT2D eigenvalue weighted by Gasteiger charge is 2.37. The van der Waals surface area contributed by atoms with Gasteiger partial charge in [-0.25, -0.2) is 39.7 Å². The predicted octanol–water partition coefficient (Wildman–Crippen LogP) is 2.76. The first-order valence-electron chi connectivity index (χ1n) is 40.6. The summed E-state index contributed by atoms with van der Waals surface area (Å²) in [5.74, 6) is -3.95. The summed E-state index contributed by atoms with van der Waals surface area (Å²) in [5, 5.41) is 61.7. The van der Waals surface area contributed by atoms with E-state index in [1.54, 1.807) is 4.57 Å². The second-order valence-corrected chi connectivity index (χ2v) is 32.4. The van der Waals surface area contributed by atoms with E-state index in [1.807, 2.05) is 123 Å². The summed E-state index contributed by atoms with van der Waals surface area (Å²) in [6.45, 7) is 33.0. The van der Waals surface area contributed by atoms with E-state index in [0.717, 1.165) is 117 Å². The Kier molecular flexibility index (Phi) is 27.2. The first-order valence-corrected chi connectivity index (χ1v) is 40.6. The number of anilines is 7. The number of hydrogen-bond donors (Lipinski definition) is 11. The minimum atomic E-state index is -1.02. The fourth-order valence-corrected chi connectivity index (χ4v) is 16.8. The van der Waals surface area contributed by atoms with Crippen molar-refractivity contribution in [1.82, 2.24) is 69.4 Å². The number of aromatic nitrogens is 10. The van der Waals surface area contributed by atoms with Gasteiger partial charge in [-0.3, -0.25) is 48.2 Å². The second-order valence-electron chi connectivity index (χ2n) is 32.4. The topological polar surface area (TPSA) is 479 Å². The van der Waals surface area contributed by atoms with Crippen molar-refractivity contribution >= 4 is 112 Å². The van der Waals surface area contributed by atoms with Crippen molar-refractivity contribution in [3.8, 4) is 11.5 Å². The number of nitrogens with zero attached hydrogens (tertiary/aromatic N) is 16. The van der Waals surface area contributed by atoms with Crippen molar-refractivity contribution in [2.45, 2.75) is 132 Å². The maximum Gasteiger partial charge on any atom is 0.349 e. The van der Waals surface area contributed by atoms with Crippen molar-refractivity contribution in [2.24, 2.45) is 38.6 Å². The van der Waals surface area contributed by atoms with E-state index in [1.165, 1.54) is 0 Å². The monoisotopic (exact) mass is 1670 g/mol. The van der Waals surface area contributed by atoms with Gasteiger partial charge in [0.15, 0.2) is 45.0 Å². The molecule has 6 unspecified atom stereocenters. The van der Waals surface area contributed by atoms with Gasteiger partial charge in [0.05, 0.1) is 81.0 Å². The summed E-state index contributed by atoms with van der Waals surface area (Å²) in [7, 11) is 3.99. The Bertz CT molecular complexity index is 6220. The van der Waals surface area contributed by atoms with Gasteiger partial charge in [-0.1, -0.05) is 40.0 Å². The number of carboxylic acid groups (broad SMARTS) is 4. The minimum Gasteiger partial charge on any atom is -0.481 e. The van der Waals surface area contributed by atoms with E-state index in [4.69, 9.17) is 0 Å². The number of carboxylic acids is 4. The molecule has 4 aromatic carbocycles. The normalized spacial score (nSPS) is 19.3. The maximum absolute atomic E-state index is 12.6. The van der Waals surface area contributed by atoms with Crippen molar-refractivity contribution in [3.63, 3.8) is 0 Å². The third kappa shape index (κ3) is 19.3. The van der Waals surface area contributed by atoms with Crippen LogP contribution >= 0.6 is 0 Å². The van der Waals surface area contributed by atoms with Crippen LogP contribution in [0, 0.1) is 72.1 Å². The Morgan fingerprint density at radius 3 is 1.43 bits per heavy atom. The Morgan fingerprint density at radius 2 is 0.910 bits per heavy atom. The molecule has 36 nitrogen and oxygen atoms in total. The lowest BCUT2D eigenvalue weighted by atomic mass is 9.84. The molecule has 11 heterocycles. The number of benzene rings is 4. The van der Waals surface area contributed by atoms with E-state index in [-0.39, 0.29) is 81.7 Å². The smallest absolute Gasteiger partial charge is 0.349 e. The molecule has 11 N–H and O–H groups in total. The first-order chi connectivity index (χ1) is 57.6. The zero-order valence-electron chi connectivity index (χ0n) is 69.4. The fraction of sp³-hybridized carbons (Fsp3) is 0.453. The number of carbonyl (C=O) groups is 4. The molecule has 36 heteroatoms. The van der Waals surface area contributed by atoms with Crippen LogP contribution in [0.2, 0.25) is 0 Å². The number of hydrogen-bond acceptors (Lipinski definition) is 27. The quantitative estimate of drug-likeness (QED) is 0.0550. The lowest BCUT2D eigenvalue weighted by Gasteiger charge is -2.36. The molecule has 0 bridgehead atoms. The molecule has 0 spiro atoms. The van der Waals surface area contributed by atoms with Gasteiger partial charge in [0.2, 0.25) is 0 Å². The van der Waals surface area contributed by atoms with E-state index in [0.29, 0.717) is 137 Å². The van der Waals surface area contributed by atoms with Gasteiger partial charge in [0, 0.05) is 97.8 Å². The van der Waals surface area contributed by atoms with Crippen molar-refractivity contribution in [1.29, 1.82) is 0 Å². The zero-order chi connectivity index (χ0) is 86.9. The molecule has 7 aromatic rings. The van der Waals surface area contributed by atoms with Crippen LogP contribution < -0.4 is 85.4 Å². The summed E-state index contributed by atoms with van der Waals surface area (Å²) in [4.78, 5) is 167. The molecule has 9 aliphatic rings. The van der Waals surface area contributed by atoms with Gasteiger partial charge in [0.1, 0.15) is 16.4 Å². The average Bonchev–Trinajstić information content (AvgIpc) is 0.784. The van der Waals surface area contributed by atoms with Crippen molar-refractivity contribution in [3.05, 3.63) is 172 Å². The number of aryl methyl sites for hydroxylation is 7. The summed E-state index contributed by atoms with van der Waals surface area (Å²) in [6.07, 6.45) is 3.90. The number of aliphatic hydroxyl groups excluding tert-OH is 2. The summed E-state index contributed by atoms with van der Waals surface area (Å²) in [5.41, 5.74) is 13.5. The Hall–Kier alpha value is -12.3. The molecule has 3 saturated heterocycles. The van der Waals surface area contributed by atoms with Crippen LogP contribution in [-0.4, -0.2) is 236 Å². The van der Waals surface area contributed by atoms with Crippen LogP contribution in [-0.2, 0) is 25.7 Å². The molecule has 0 radical (unpaired) electrons. The highest BCUT2D eigenvalue weighted by molar-refractivity contribution is 5.84. The summed E-state index contributed by atoms with van der Waals surface area (Å²) < 4.78 is 1.79. The molecule has 3 aromatic heterocycles. The van der Waals surface area contributed by atoms with E-state index in [9.17, 15) is 73.8 Å². The highest BCUT2D eigenvalue weighted by atomic mass is 16.4. The van der Waals surface area contributed by atoms with Gasteiger partial charge in [-0.15, -0.1) is 0 Å². The van der Waals surface area contributed by atoms with Crippen LogP contribution in [0.25, 0.3) is 42.3 Å². The Morgan fingerprint density at radius 1 is 0.459 bits per heavy atom. The number of piperidine rings is 3. The number of aliphatic hydroxyl groups is 2. The molecule has 6 atom stereocenters. The Balaban J connectivity index is 0.000000148. The number of aromatic amines is 4. The van der Waals surface area contributed by atoms with Crippen LogP contribution in [0.3, 0.4) is 0 Å². The Labute approximate surface area is 700 Å². The molecule has 4 fully saturated rings. The summed E-state index contributed by atoms with van der Waals surface area (Å²) in [6, 6.07) is 15.9. The van der Waals surface area contributed by atoms with Gasteiger partial charge in [0.25, 0.3) is 22.2 Å².